The minimum atomic E-state index is -0.485. The van der Waals surface area contributed by atoms with Crippen molar-refractivity contribution in [1.82, 2.24) is 4.98 Å². The van der Waals surface area contributed by atoms with Gasteiger partial charge in [-0.05, 0) is 18.2 Å². The lowest BCUT2D eigenvalue weighted by molar-refractivity contribution is 0.102. The Labute approximate surface area is 103 Å². The first kappa shape index (κ1) is 11.8. The number of carbonyl (C=O) groups excluding carboxylic acids is 1. The molecule has 2 rings (SSSR count). The predicted molar refractivity (Wildman–Crippen MR) is 67.4 cm³/mol. The van der Waals surface area contributed by atoms with Crippen LogP contribution in [0.5, 0.6) is 0 Å². The van der Waals surface area contributed by atoms with E-state index >= 15 is 0 Å². The van der Waals surface area contributed by atoms with Crippen molar-refractivity contribution in [3.8, 4) is 0 Å². The van der Waals surface area contributed by atoms with Gasteiger partial charge in [-0.2, -0.15) is 0 Å². The predicted octanol–water partition coefficient (Wildman–Crippen LogP) is 1.64. The number of anilines is 3. The van der Waals surface area contributed by atoms with E-state index in [1.54, 1.807) is 0 Å². The van der Waals surface area contributed by atoms with Crippen molar-refractivity contribution in [3.63, 3.8) is 0 Å². The second kappa shape index (κ2) is 4.70. The maximum Gasteiger partial charge on any atom is 0.255 e. The van der Waals surface area contributed by atoms with E-state index in [1.807, 2.05) is 0 Å². The summed E-state index contributed by atoms with van der Waals surface area (Å²) < 4.78 is 13.0. The fourth-order valence-corrected chi connectivity index (χ4v) is 1.41. The van der Waals surface area contributed by atoms with Crippen molar-refractivity contribution in [2.45, 2.75) is 0 Å². The van der Waals surface area contributed by atoms with E-state index in [1.165, 1.54) is 30.6 Å². The molecule has 0 aliphatic rings. The monoisotopic (exact) mass is 246 g/mol. The molecule has 0 radical (unpaired) electrons. The molecule has 1 aromatic carbocycles. The summed E-state index contributed by atoms with van der Waals surface area (Å²) in [7, 11) is 0. The number of hydrogen-bond donors (Lipinski definition) is 3. The maximum absolute atomic E-state index is 13.0. The van der Waals surface area contributed by atoms with Crippen LogP contribution in [-0.4, -0.2) is 10.9 Å². The smallest absolute Gasteiger partial charge is 0.255 e. The van der Waals surface area contributed by atoms with E-state index in [0.29, 0.717) is 5.69 Å². The highest BCUT2D eigenvalue weighted by molar-refractivity contribution is 6.06. The van der Waals surface area contributed by atoms with Crippen molar-refractivity contribution < 1.29 is 9.18 Å². The molecule has 5 nitrogen and oxygen atoms in total. The van der Waals surface area contributed by atoms with E-state index in [4.69, 9.17) is 11.5 Å². The molecule has 0 unspecified atom stereocenters. The fourth-order valence-electron chi connectivity index (χ4n) is 1.41. The molecule has 0 aliphatic heterocycles. The molecule has 1 heterocycles. The highest BCUT2D eigenvalue weighted by Crippen LogP contribution is 2.23. The van der Waals surface area contributed by atoms with E-state index in [0.717, 1.165) is 6.07 Å². The normalized spacial score (nSPS) is 10.1. The lowest BCUT2D eigenvalue weighted by Crippen LogP contribution is -2.14. The van der Waals surface area contributed by atoms with E-state index in [2.05, 4.69) is 10.3 Å². The Bertz CT molecular complexity index is 600. The Morgan fingerprint density at radius 2 is 2.06 bits per heavy atom. The van der Waals surface area contributed by atoms with Gasteiger partial charge >= 0.3 is 0 Å². The van der Waals surface area contributed by atoms with Gasteiger partial charge in [-0.25, -0.2) is 4.39 Å². The first-order chi connectivity index (χ1) is 8.58. The van der Waals surface area contributed by atoms with Crippen LogP contribution in [0.4, 0.5) is 21.5 Å². The highest BCUT2D eigenvalue weighted by Gasteiger charge is 2.10. The number of carbonyl (C=O) groups is 1. The standard InChI is InChI=1S/C12H11FN4O/c13-8-3-1-2-7(4-8)12(18)17-10-6-16-5-9(14)11(10)15/h1-6H,14H2,(H2,15,16)(H,17,18). The summed E-state index contributed by atoms with van der Waals surface area (Å²) in [4.78, 5) is 15.6. The molecular weight excluding hydrogens is 235 g/mol. The molecule has 0 saturated carbocycles. The molecular formula is C12H11FN4O. The molecule has 18 heavy (non-hydrogen) atoms. The largest absolute Gasteiger partial charge is 0.396 e. The van der Waals surface area contributed by atoms with Gasteiger partial charge in [0, 0.05) is 5.56 Å². The molecule has 0 atom stereocenters. The number of aromatic nitrogens is 1. The Morgan fingerprint density at radius 3 is 2.78 bits per heavy atom. The summed E-state index contributed by atoms with van der Waals surface area (Å²) in [6.45, 7) is 0. The number of benzene rings is 1. The zero-order chi connectivity index (χ0) is 13.1. The molecule has 1 amide bonds. The third kappa shape index (κ3) is 2.37. The first-order valence-electron chi connectivity index (χ1n) is 5.14. The molecule has 92 valence electrons. The molecule has 6 heteroatoms. The number of halogens is 1. The van der Waals surface area contributed by atoms with Crippen molar-refractivity contribution in [3.05, 3.63) is 48.0 Å². The topological polar surface area (TPSA) is 94.0 Å². The average Bonchev–Trinajstić information content (AvgIpc) is 2.35. The Balaban J connectivity index is 2.24. The second-order valence-electron chi connectivity index (χ2n) is 3.65. The van der Waals surface area contributed by atoms with Crippen LogP contribution in [0.2, 0.25) is 0 Å². The zero-order valence-corrected chi connectivity index (χ0v) is 9.35. The van der Waals surface area contributed by atoms with E-state index < -0.39 is 11.7 Å². The molecule has 0 spiro atoms. The summed E-state index contributed by atoms with van der Waals surface area (Å²) in [6, 6.07) is 5.33. The Morgan fingerprint density at radius 1 is 1.28 bits per heavy atom. The van der Waals surface area contributed by atoms with Crippen molar-refractivity contribution >= 4 is 23.0 Å². The number of amides is 1. The number of rotatable bonds is 2. The highest BCUT2D eigenvalue weighted by atomic mass is 19.1. The first-order valence-corrected chi connectivity index (χ1v) is 5.14. The summed E-state index contributed by atoms with van der Waals surface area (Å²) in [5.74, 6) is -0.963. The SMILES string of the molecule is Nc1cncc(NC(=O)c2cccc(F)c2)c1N. The van der Waals surface area contributed by atoms with Crippen LogP contribution in [0.15, 0.2) is 36.7 Å². The van der Waals surface area contributed by atoms with Crippen LogP contribution < -0.4 is 16.8 Å². The van der Waals surface area contributed by atoms with Crippen LogP contribution in [0.25, 0.3) is 0 Å². The Hall–Kier alpha value is -2.63. The minimum absolute atomic E-state index is 0.192. The maximum atomic E-state index is 13.0. The third-order valence-corrected chi connectivity index (χ3v) is 2.35. The van der Waals surface area contributed by atoms with Gasteiger partial charge in [0.15, 0.2) is 0 Å². The van der Waals surface area contributed by atoms with Crippen LogP contribution in [0.1, 0.15) is 10.4 Å². The van der Waals surface area contributed by atoms with E-state index in [9.17, 15) is 9.18 Å². The number of nitrogen functional groups attached to an aromatic ring is 2. The molecule has 2 aromatic rings. The fraction of sp³-hybridized carbons (Fsp3) is 0. The second-order valence-corrected chi connectivity index (χ2v) is 3.65. The summed E-state index contributed by atoms with van der Waals surface area (Å²) >= 11 is 0. The van der Waals surface area contributed by atoms with Crippen LogP contribution in [0.3, 0.4) is 0 Å². The molecule has 1 aromatic heterocycles. The quantitative estimate of drug-likeness (QED) is 0.750. The van der Waals surface area contributed by atoms with Gasteiger partial charge in [0.05, 0.1) is 29.5 Å². The number of nitrogens with two attached hydrogens (primary N) is 2. The molecule has 0 bridgehead atoms. The third-order valence-electron chi connectivity index (χ3n) is 2.35. The minimum Gasteiger partial charge on any atom is -0.396 e. The van der Waals surface area contributed by atoms with Crippen LogP contribution in [0, 0.1) is 5.82 Å². The van der Waals surface area contributed by atoms with Crippen molar-refractivity contribution in [2.75, 3.05) is 16.8 Å². The molecule has 0 saturated heterocycles. The van der Waals surface area contributed by atoms with E-state index in [-0.39, 0.29) is 16.9 Å². The van der Waals surface area contributed by atoms with Gasteiger partial charge in [0.2, 0.25) is 0 Å². The van der Waals surface area contributed by atoms with Gasteiger partial charge in [-0.3, -0.25) is 9.78 Å². The number of hydrogen-bond acceptors (Lipinski definition) is 4. The van der Waals surface area contributed by atoms with Gasteiger partial charge in [-0.1, -0.05) is 6.07 Å². The number of nitrogens with zero attached hydrogens (tertiary/aromatic N) is 1. The molecule has 0 aliphatic carbocycles. The van der Waals surface area contributed by atoms with Gasteiger partial charge in [0.25, 0.3) is 5.91 Å². The lowest BCUT2D eigenvalue weighted by atomic mass is 10.2. The number of pyridine rings is 1. The number of nitrogens with one attached hydrogen (secondary N) is 1. The van der Waals surface area contributed by atoms with Gasteiger partial charge < -0.3 is 16.8 Å². The Kier molecular flexibility index (Phi) is 3.09. The van der Waals surface area contributed by atoms with Crippen molar-refractivity contribution in [1.29, 1.82) is 0 Å². The van der Waals surface area contributed by atoms with Crippen LogP contribution in [-0.2, 0) is 0 Å². The zero-order valence-electron chi connectivity index (χ0n) is 9.35. The summed E-state index contributed by atoms with van der Waals surface area (Å²) in [5, 5.41) is 2.52. The van der Waals surface area contributed by atoms with Crippen LogP contribution >= 0.6 is 0 Å². The lowest BCUT2D eigenvalue weighted by Gasteiger charge is -2.09. The summed E-state index contributed by atoms with van der Waals surface area (Å²) in [6.07, 6.45) is 2.76. The summed E-state index contributed by atoms with van der Waals surface area (Å²) in [5.41, 5.74) is 12.2. The molecule has 5 N–H and O–H groups in total. The average molecular weight is 246 g/mol. The van der Waals surface area contributed by atoms with Crippen molar-refractivity contribution in [2.24, 2.45) is 0 Å². The molecule has 0 fully saturated rings. The van der Waals surface area contributed by atoms with Gasteiger partial charge in [0.1, 0.15) is 5.82 Å². The van der Waals surface area contributed by atoms with Gasteiger partial charge in [-0.15, -0.1) is 0 Å².